The van der Waals surface area contributed by atoms with Crippen LogP contribution in [0, 0.1) is 12.8 Å². The van der Waals surface area contributed by atoms with Crippen molar-refractivity contribution < 1.29 is 4.74 Å². The van der Waals surface area contributed by atoms with Gasteiger partial charge in [-0.1, -0.05) is 23.2 Å². The van der Waals surface area contributed by atoms with Crippen LogP contribution >= 0.6 is 23.2 Å². The van der Waals surface area contributed by atoms with Crippen LogP contribution in [0.3, 0.4) is 0 Å². The number of rotatable bonds is 0. The largest absolute Gasteiger partial charge is 0.378 e. The molecule has 2 aliphatic rings. The van der Waals surface area contributed by atoms with Gasteiger partial charge in [0.25, 0.3) is 0 Å². The summed E-state index contributed by atoms with van der Waals surface area (Å²) in [5.74, 6) is 0.618. The molecular formula is C12H13Cl2NO. The zero-order valence-corrected chi connectivity index (χ0v) is 10.6. The molecule has 1 saturated heterocycles. The van der Waals surface area contributed by atoms with Crippen molar-refractivity contribution in [2.24, 2.45) is 5.92 Å². The molecule has 2 atom stereocenters. The molecule has 1 aromatic rings. The average molecular weight is 258 g/mol. The number of hydrogen-bond acceptors (Lipinski definition) is 2. The van der Waals surface area contributed by atoms with Gasteiger partial charge in [0.1, 0.15) is 10.3 Å². The summed E-state index contributed by atoms with van der Waals surface area (Å²) in [6.07, 6.45) is 3.43. The molecule has 16 heavy (non-hydrogen) atoms. The number of ether oxygens (including phenoxy) is 1. The molecule has 86 valence electrons. The molecular weight excluding hydrogens is 245 g/mol. The molecule has 0 spiro atoms. The third kappa shape index (κ3) is 1.55. The minimum atomic E-state index is 0.362. The second-order valence-corrected chi connectivity index (χ2v) is 5.36. The third-order valence-corrected chi connectivity index (χ3v) is 4.47. The van der Waals surface area contributed by atoms with Crippen molar-refractivity contribution in [3.05, 3.63) is 27.0 Å². The van der Waals surface area contributed by atoms with Crippen molar-refractivity contribution >= 4 is 23.2 Å². The maximum atomic E-state index is 6.17. The highest BCUT2D eigenvalue weighted by atomic mass is 35.5. The second kappa shape index (κ2) is 3.86. The van der Waals surface area contributed by atoms with Gasteiger partial charge in [-0.25, -0.2) is 4.98 Å². The first-order chi connectivity index (χ1) is 7.66. The highest BCUT2D eigenvalue weighted by molar-refractivity contribution is 6.33. The van der Waals surface area contributed by atoms with Gasteiger partial charge in [-0.2, -0.15) is 0 Å². The van der Waals surface area contributed by atoms with Crippen molar-refractivity contribution in [2.45, 2.75) is 32.3 Å². The van der Waals surface area contributed by atoms with Gasteiger partial charge in [0.05, 0.1) is 6.10 Å². The number of fused-ring (bicyclic) bond motifs is 2. The van der Waals surface area contributed by atoms with E-state index in [2.05, 4.69) is 4.98 Å². The Labute approximate surface area is 105 Å². The number of pyridine rings is 1. The Bertz CT molecular complexity index is 447. The van der Waals surface area contributed by atoms with Gasteiger partial charge in [0.2, 0.25) is 0 Å². The van der Waals surface area contributed by atoms with Gasteiger partial charge in [-0.3, -0.25) is 0 Å². The molecule has 0 bridgehead atoms. The first-order valence-electron chi connectivity index (χ1n) is 5.61. The fourth-order valence-electron chi connectivity index (χ4n) is 2.81. The summed E-state index contributed by atoms with van der Waals surface area (Å²) >= 11 is 12.2. The number of halogens is 2. The standard InChI is InChI=1S/C12H13Cl2NO/c1-6-8-5-10-7(2-3-16-10)4-9(8)12(14)15-11(6)13/h7,10H,2-5H2,1H3. The molecule has 0 saturated carbocycles. The van der Waals surface area contributed by atoms with Crippen LogP contribution in [0.15, 0.2) is 0 Å². The Kier molecular flexibility index (Phi) is 2.61. The monoisotopic (exact) mass is 257 g/mol. The molecule has 1 aliphatic heterocycles. The van der Waals surface area contributed by atoms with E-state index in [1.807, 2.05) is 6.92 Å². The lowest BCUT2D eigenvalue weighted by Gasteiger charge is -2.28. The zero-order chi connectivity index (χ0) is 11.3. The summed E-state index contributed by atoms with van der Waals surface area (Å²) in [6, 6.07) is 0. The molecule has 2 heterocycles. The molecule has 3 rings (SSSR count). The van der Waals surface area contributed by atoms with Gasteiger partial charge >= 0.3 is 0 Å². The fraction of sp³-hybridized carbons (Fsp3) is 0.583. The van der Waals surface area contributed by atoms with Crippen LogP contribution in [0.4, 0.5) is 0 Å². The summed E-state index contributed by atoms with van der Waals surface area (Å²) in [5.41, 5.74) is 3.51. The Balaban J connectivity index is 2.10. The summed E-state index contributed by atoms with van der Waals surface area (Å²) < 4.78 is 5.74. The van der Waals surface area contributed by atoms with Gasteiger partial charge in [-0.05, 0) is 48.8 Å². The van der Waals surface area contributed by atoms with E-state index in [1.165, 1.54) is 11.1 Å². The van der Waals surface area contributed by atoms with E-state index in [0.717, 1.165) is 31.4 Å². The minimum absolute atomic E-state index is 0.362. The molecule has 2 unspecified atom stereocenters. The van der Waals surface area contributed by atoms with E-state index in [0.29, 0.717) is 22.3 Å². The first-order valence-corrected chi connectivity index (χ1v) is 6.37. The van der Waals surface area contributed by atoms with Gasteiger partial charge in [-0.15, -0.1) is 0 Å². The Morgan fingerprint density at radius 3 is 2.81 bits per heavy atom. The highest BCUT2D eigenvalue weighted by Crippen LogP contribution is 2.39. The molecule has 1 aromatic heterocycles. The molecule has 0 amide bonds. The van der Waals surface area contributed by atoms with Crippen molar-refractivity contribution in [2.75, 3.05) is 6.61 Å². The Hall–Kier alpha value is -0.310. The topological polar surface area (TPSA) is 22.1 Å². The molecule has 1 fully saturated rings. The van der Waals surface area contributed by atoms with Crippen molar-refractivity contribution in [1.29, 1.82) is 0 Å². The lowest BCUT2D eigenvalue weighted by atomic mass is 9.81. The molecule has 0 N–H and O–H groups in total. The van der Waals surface area contributed by atoms with E-state index in [9.17, 15) is 0 Å². The van der Waals surface area contributed by atoms with E-state index in [1.54, 1.807) is 0 Å². The highest BCUT2D eigenvalue weighted by Gasteiger charge is 2.35. The normalized spacial score (nSPS) is 27.7. The second-order valence-electron chi connectivity index (χ2n) is 4.64. The quantitative estimate of drug-likeness (QED) is 0.667. The third-order valence-electron chi connectivity index (χ3n) is 3.79. The van der Waals surface area contributed by atoms with Crippen LogP contribution in [-0.4, -0.2) is 17.7 Å². The first kappa shape index (κ1) is 10.8. The van der Waals surface area contributed by atoms with Crippen molar-refractivity contribution in [1.82, 2.24) is 4.98 Å². The van der Waals surface area contributed by atoms with Gasteiger partial charge in [0, 0.05) is 6.61 Å². The summed E-state index contributed by atoms with van der Waals surface area (Å²) in [4.78, 5) is 4.19. The van der Waals surface area contributed by atoms with Gasteiger partial charge in [0.15, 0.2) is 0 Å². The van der Waals surface area contributed by atoms with Crippen LogP contribution in [0.1, 0.15) is 23.1 Å². The fourth-order valence-corrected chi connectivity index (χ4v) is 3.33. The van der Waals surface area contributed by atoms with Crippen LogP contribution in [0.25, 0.3) is 0 Å². The number of nitrogens with zero attached hydrogens (tertiary/aromatic N) is 1. The van der Waals surface area contributed by atoms with E-state index in [-0.39, 0.29) is 0 Å². The van der Waals surface area contributed by atoms with Crippen LogP contribution in [-0.2, 0) is 17.6 Å². The summed E-state index contributed by atoms with van der Waals surface area (Å²) in [5, 5.41) is 1.11. The van der Waals surface area contributed by atoms with E-state index in [4.69, 9.17) is 27.9 Å². The lowest BCUT2D eigenvalue weighted by molar-refractivity contribution is 0.0860. The predicted octanol–water partition coefficient (Wildman–Crippen LogP) is 3.20. The average Bonchev–Trinajstić information content (AvgIpc) is 2.71. The van der Waals surface area contributed by atoms with Crippen molar-refractivity contribution in [3.63, 3.8) is 0 Å². The number of aromatic nitrogens is 1. The minimum Gasteiger partial charge on any atom is -0.378 e. The van der Waals surface area contributed by atoms with Gasteiger partial charge < -0.3 is 4.74 Å². The van der Waals surface area contributed by atoms with E-state index >= 15 is 0 Å². The summed E-state index contributed by atoms with van der Waals surface area (Å²) in [7, 11) is 0. The maximum absolute atomic E-state index is 6.17. The van der Waals surface area contributed by atoms with E-state index < -0.39 is 0 Å². The molecule has 4 heteroatoms. The lowest BCUT2D eigenvalue weighted by Crippen LogP contribution is -2.28. The SMILES string of the molecule is Cc1c(Cl)nc(Cl)c2c1CC1OCCC1C2. The number of hydrogen-bond donors (Lipinski definition) is 0. The Morgan fingerprint density at radius 2 is 2.00 bits per heavy atom. The van der Waals surface area contributed by atoms with Crippen LogP contribution in [0.5, 0.6) is 0 Å². The maximum Gasteiger partial charge on any atom is 0.134 e. The smallest absolute Gasteiger partial charge is 0.134 e. The van der Waals surface area contributed by atoms with Crippen LogP contribution in [0.2, 0.25) is 10.3 Å². The van der Waals surface area contributed by atoms with Crippen molar-refractivity contribution in [3.8, 4) is 0 Å². The molecule has 2 nitrogen and oxygen atoms in total. The molecule has 0 radical (unpaired) electrons. The summed E-state index contributed by atoms with van der Waals surface area (Å²) in [6.45, 7) is 2.89. The predicted molar refractivity (Wildman–Crippen MR) is 64.2 cm³/mol. The van der Waals surface area contributed by atoms with Crippen LogP contribution < -0.4 is 0 Å². The Morgan fingerprint density at radius 1 is 1.19 bits per heavy atom. The molecule has 0 aromatic carbocycles. The molecule has 1 aliphatic carbocycles. The zero-order valence-electron chi connectivity index (χ0n) is 9.09.